The van der Waals surface area contributed by atoms with Gasteiger partial charge in [0, 0.05) is 5.33 Å². The lowest BCUT2D eigenvalue weighted by molar-refractivity contribution is -0.149. The maximum Gasteiger partial charge on any atom is 0.308 e. The molecule has 0 bridgehead atoms. The van der Waals surface area contributed by atoms with Crippen molar-refractivity contribution in [1.82, 2.24) is 0 Å². The Balaban J connectivity index is 3.87. The normalized spacial score (nSPS) is 12.3. The molecule has 0 rings (SSSR count). The van der Waals surface area contributed by atoms with Crippen LogP contribution in [0.3, 0.4) is 0 Å². The van der Waals surface area contributed by atoms with Gasteiger partial charge >= 0.3 is 5.97 Å². The zero-order chi connectivity index (χ0) is 17.2. The highest BCUT2D eigenvalue weighted by Gasteiger charge is 2.19. The maximum absolute atomic E-state index is 12.3. The summed E-state index contributed by atoms with van der Waals surface area (Å²) in [7, 11) is 0. The molecule has 0 heterocycles. The van der Waals surface area contributed by atoms with E-state index in [2.05, 4.69) is 29.8 Å². The Bertz CT molecular complexity index is 256. The molecular formula is C20H39BrO2. The third-order valence-corrected chi connectivity index (χ3v) is 4.98. The summed E-state index contributed by atoms with van der Waals surface area (Å²) in [6, 6.07) is 0. The standard InChI is InChI=1S/C20H39BrO2/c1-3-5-7-9-10-14-18-23-20(22)19(16-12-13-17-21)15-11-8-6-4-2/h19H,3-18H2,1-2H3. The van der Waals surface area contributed by atoms with E-state index < -0.39 is 0 Å². The molecule has 1 atom stereocenters. The zero-order valence-corrected chi connectivity index (χ0v) is 17.2. The third-order valence-electron chi connectivity index (χ3n) is 4.42. The molecule has 0 amide bonds. The molecule has 0 spiro atoms. The Morgan fingerprint density at radius 3 is 1.91 bits per heavy atom. The lowest BCUT2D eigenvalue weighted by atomic mass is 9.95. The fourth-order valence-corrected chi connectivity index (χ4v) is 3.25. The van der Waals surface area contributed by atoms with Crippen LogP contribution in [-0.4, -0.2) is 17.9 Å². The smallest absolute Gasteiger partial charge is 0.308 e. The minimum atomic E-state index is 0.0598. The molecule has 138 valence electrons. The second kappa shape index (κ2) is 18.3. The molecule has 0 saturated heterocycles. The van der Waals surface area contributed by atoms with Crippen molar-refractivity contribution in [3.05, 3.63) is 0 Å². The number of unbranched alkanes of at least 4 members (excludes halogenated alkanes) is 9. The van der Waals surface area contributed by atoms with Crippen LogP contribution in [0.25, 0.3) is 0 Å². The minimum Gasteiger partial charge on any atom is -0.465 e. The van der Waals surface area contributed by atoms with Crippen LogP contribution in [0.1, 0.15) is 104 Å². The molecule has 0 aliphatic rings. The Labute approximate surface area is 153 Å². The lowest BCUT2D eigenvalue weighted by Crippen LogP contribution is -2.18. The van der Waals surface area contributed by atoms with Crippen LogP contribution in [-0.2, 0) is 9.53 Å². The Hall–Kier alpha value is -0.0500. The highest BCUT2D eigenvalue weighted by Crippen LogP contribution is 2.19. The van der Waals surface area contributed by atoms with Gasteiger partial charge < -0.3 is 4.74 Å². The van der Waals surface area contributed by atoms with Gasteiger partial charge in [0.2, 0.25) is 0 Å². The molecule has 0 N–H and O–H groups in total. The van der Waals surface area contributed by atoms with Crippen molar-refractivity contribution in [2.75, 3.05) is 11.9 Å². The van der Waals surface area contributed by atoms with Crippen molar-refractivity contribution in [2.45, 2.75) is 104 Å². The number of halogens is 1. The van der Waals surface area contributed by atoms with Crippen LogP contribution in [0.4, 0.5) is 0 Å². The van der Waals surface area contributed by atoms with Gasteiger partial charge in [0.25, 0.3) is 0 Å². The summed E-state index contributed by atoms with van der Waals surface area (Å²) >= 11 is 3.47. The number of carbonyl (C=O) groups is 1. The van der Waals surface area contributed by atoms with Crippen LogP contribution >= 0.6 is 15.9 Å². The van der Waals surface area contributed by atoms with Crippen LogP contribution in [0.5, 0.6) is 0 Å². The molecule has 0 aromatic heterocycles. The van der Waals surface area contributed by atoms with Gasteiger partial charge in [0.1, 0.15) is 0 Å². The van der Waals surface area contributed by atoms with Gasteiger partial charge in [0.15, 0.2) is 0 Å². The fourth-order valence-electron chi connectivity index (χ4n) is 2.86. The molecule has 3 heteroatoms. The first-order valence-corrected chi connectivity index (χ1v) is 11.1. The van der Waals surface area contributed by atoms with E-state index in [0.29, 0.717) is 6.61 Å². The van der Waals surface area contributed by atoms with Gasteiger partial charge in [-0.25, -0.2) is 0 Å². The Morgan fingerprint density at radius 1 is 0.783 bits per heavy atom. The molecule has 2 nitrogen and oxygen atoms in total. The van der Waals surface area contributed by atoms with Gasteiger partial charge in [0.05, 0.1) is 12.5 Å². The second-order valence-electron chi connectivity index (χ2n) is 6.67. The van der Waals surface area contributed by atoms with E-state index in [1.165, 1.54) is 57.8 Å². The van der Waals surface area contributed by atoms with E-state index >= 15 is 0 Å². The number of rotatable bonds is 17. The van der Waals surface area contributed by atoms with Crippen LogP contribution in [0, 0.1) is 5.92 Å². The predicted octanol–water partition coefficient (Wildman–Crippen LogP) is 7.04. The molecule has 0 fully saturated rings. The van der Waals surface area contributed by atoms with Gasteiger partial charge in [-0.2, -0.15) is 0 Å². The average molecular weight is 391 g/mol. The number of hydrogen-bond donors (Lipinski definition) is 0. The van der Waals surface area contributed by atoms with Crippen molar-refractivity contribution >= 4 is 21.9 Å². The molecule has 0 aliphatic carbocycles. The monoisotopic (exact) mass is 390 g/mol. The van der Waals surface area contributed by atoms with Crippen molar-refractivity contribution in [1.29, 1.82) is 0 Å². The van der Waals surface area contributed by atoms with E-state index in [0.717, 1.165) is 37.4 Å². The summed E-state index contributed by atoms with van der Waals surface area (Å²) in [5, 5.41) is 1.03. The van der Waals surface area contributed by atoms with Gasteiger partial charge in [-0.3, -0.25) is 4.79 Å². The summed E-state index contributed by atoms with van der Waals surface area (Å²) in [4.78, 5) is 12.3. The van der Waals surface area contributed by atoms with Gasteiger partial charge in [-0.05, 0) is 25.7 Å². The van der Waals surface area contributed by atoms with E-state index in [1.54, 1.807) is 0 Å². The summed E-state index contributed by atoms with van der Waals surface area (Å²) in [5.41, 5.74) is 0. The summed E-state index contributed by atoms with van der Waals surface area (Å²) in [6.45, 7) is 5.08. The van der Waals surface area contributed by atoms with Crippen LogP contribution in [0.2, 0.25) is 0 Å². The molecule has 0 saturated carbocycles. The van der Waals surface area contributed by atoms with Crippen molar-refractivity contribution in [3.63, 3.8) is 0 Å². The van der Waals surface area contributed by atoms with Crippen LogP contribution < -0.4 is 0 Å². The van der Waals surface area contributed by atoms with Crippen molar-refractivity contribution in [3.8, 4) is 0 Å². The minimum absolute atomic E-state index is 0.0598. The summed E-state index contributed by atoms with van der Waals surface area (Å²) in [5.74, 6) is 0.190. The predicted molar refractivity (Wildman–Crippen MR) is 104 cm³/mol. The van der Waals surface area contributed by atoms with Gasteiger partial charge in [-0.1, -0.05) is 94.0 Å². The molecule has 1 unspecified atom stereocenters. The van der Waals surface area contributed by atoms with Crippen molar-refractivity contribution in [2.24, 2.45) is 5.92 Å². The van der Waals surface area contributed by atoms with E-state index in [4.69, 9.17) is 4.74 Å². The molecule has 0 aromatic carbocycles. The number of alkyl halides is 1. The van der Waals surface area contributed by atoms with E-state index in [1.807, 2.05) is 0 Å². The Morgan fingerprint density at radius 2 is 1.30 bits per heavy atom. The summed E-state index contributed by atoms with van der Waals surface area (Å²) in [6.07, 6.45) is 16.6. The Kier molecular flexibility index (Phi) is 18.3. The van der Waals surface area contributed by atoms with Crippen molar-refractivity contribution < 1.29 is 9.53 Å². The first-order chi connectivity index (χ1) is 11.3. The highest BCUT2D eigenvalue weighted by molar-refractivity contribution is 9.09. The molecule has 0 radical (unpaired) electrons. The largest absolute Gasteiger partial charge is 0.465 e. The zero-order valence-electron chi connectivity index (χ0n) is 15.6. The first kappa shape index (κ1) is 22.9. The average Bonchev–Trinajstić information content (AvgIpc) is 2.56. The fraction of sp³-hybridized carbons (Fsp3) is 0.950. The van der Waals surface area contributed by atoms with E-state index in [-0.39, 0.29) is 11.9 Å². The second-order valence-corrected chi connectivity index (χ2v) is 7.46. The topological polar surface area (TPSA) is 26.3 Å². The van der Waals surface area contributed by atoms with Crippen LogP contribution in [0.15, 0.2) is 0 Å². The summed E-state index contributed by atoms with van der Waals surface area (Å²) < 4.78 is 5.55. The number of esters is 1. The lowest BCUT2D eigenvalue weighted by Gasteiger charge is -2.16. The third kappa shape index (κ3) is 15.2. The molecular weight excluding hydrogens is 352 g/mol. The number of ether oxygens (including phenoxy) is 1. The molecule has 0 aromatic rings. The molecule has 0 aliphatic heterocycles. The molecule has 23 heavy (non-hydrogen) atoms. The first-order valence-electron chi connectivity index (χ1n) is 9.98. The number of hydrogen-bond acceptors (Lipinski definition) is 2. The maximum atomic E-state index is 12.3. The van der Waals surface area contributed by atoms with Gasteiger partial charge in [-0.15, -0.1) is 0 Å². The highest BCUT2D eigenvalue weighted by atomic mass is 79.9. The van der Waals surface area contributed by atoms with E-state index in [9.17, 15) is 4.79 Å². The number of carbonyl (C=O) groups excluding carboxylic acids is 1. The SMILES string of the molecule is CCCCCCCCOC(=O)C(CCCCBr)CCCCCC. The quantitative estimate of drug-likeness (QED) is 0.151.